The Kier molecular flexibility index (Phi) is 10.4. The van der Waals surface area contributed by atoms with Gasteiger partial charge in [0.15, 0.2) is 0 Å². The molecule has 0 aromatic heterocycles. The summed E-state index contributed by atoms with van der Waals surface area (Å²) in [5.74, 6) is 0.380. The summed E-state index contributed by atoms with van der Waals surface area (Å²) in [5.41, 5.74) is 15.2. The van der Waals surface area contributed by atoms with Crippen LogP contribution in [0.4, 0.5) is 17.1 Å². The summed E-state index contributed by atoms with van der Waals surface area (Å²) in [7, 11) is 0. The Bertz CT molecular complexity index is 3720. The summed E-state index contributed by atoms with van der Waals surface area (Å²) in [6.07, 6.45) is 9.98. The molecule has 0 N–H and O–H groups in total. The van der Waals surface area contributed by atoms with Gasteiger partial charge in [-0.2, -0.15) is 0 Å². The van der Waals surface area contributed by atoms with Gasteiger partial charge in [-0.15, -0.1) is 0 Å². The van der Waals surface area contributed by atoms with Gasteiger partial charge in [0.2, 0.25) is 0 Å². The van der Waals surface area contributed by atoms with Gasteiger partial charge in [0.1, 0.15) is 0 Å². The molecule has 0 heterocycles. The van der Waals surface area contributed by atoms with Gasteiger partial charge in [-0.1, -0.05) is 231 Å². The van der Waals surface area contributed by atoms with Crippen molar-refractivity contribution in [2.75, 3.05) is 4.90 Å². The summed E-state index contributed by atoms with van der Waals surface area (Å²) in [6.45, 7) is 2.49. The van der Waals surface area contributed by atoms with E-state index in [0.29, 0.717) is 0 Å². The standard InChI is InChI=1S/C69H53N/c1-47(64(42-48-22-6-2-7-23-48)67-58-34-18-14-24-50(58)43-51-25-15-19-35-59(51)67)49-38-40-62-63-41-39-57(46-66(63)69(65(62)45-49,54-28-8-3-9-29-54)55-30-10-4-11-31-55)70(56-32-12-5-13-33-56)68-60-36-20-16-26-52(60)44-53-27-17-21-37-61(53)68/h2-10,12-30,32-41,43-47,64H,11,31,42H2,1H3. The molecule has 334 valence electrons. The molecule has 3 atom stereocenters. The molecule has 70 heavy (non-hydrogen) atoms. The van der Waals surface area contributed by atoms with Crippen LogP contribution < -0.4 is 4.90 Å². The molecule has 1 heteroatoms. The lowest BCUT2D eigenvalue weighted by atomic mass is 9.64. The lowest BCUT2D eigenvalue weighted by molar-refractivity contribution is 0.577. The van der Waals surface area contributed by atoms with Crippen LogP contribution in [0.1, 0.15) is 65.0 Å². The zero-order chi connectivity index (χ0) is 46.6. The van der Waals surface area contributed by atoms with Gasteiger partial charge in [-0.25, -0.2) is 0 Å². The van der Waals surface area contributed by atoms with E-state index < -0.39 is 5.41 Å². The average molecular weight is 896 g/mol. The second kappa shape index (κ2) is 17.4. The monoisotopic (exact) mass is 895 g/mol. The molecular weight excluding hydrogens is 843 g/mol. The van der Waals surface area contributed by atoms with E-state index in [1.54, 1.807) is 0 Å². The highest BCUT2D eigenvalue weighted by atomic mass is 15.1. The van der Waals surface area contributed by atoms with Crippen molar-refractivity contribution in [1.82, 2.24) is 0 Å². The normalized spacial score (nSPS) is 16.0. The molecule has 2 aliphatic carbocycles. The molecule has 0 aliphatic heterocycles. The van der Waals surface area contributed by atoms with E-state index in [-0.39, 0.29) is 11.8 Å². The van der Waals surface area contributed by atoms with Crippen molar-refractivity contribution < 1.29 is 0 Å². The fourth-order valence-corrected chi connectivity index (χ4v) is 12.5. The molecule has 0 radical (unpaired) electrons. The number of para-hydroxylation sites is 1. The Morgan fingerprint density at radius 1 is 0.471 bits per heavy atom. The number of allylic oxidation sites excluding steroid dienone is 4. The van der Waals surface area contributed by atoms with Crippen LogP contribution in [0.15, 0.2) is 260 Å². The maximum absolute atomic E-state index is 2.63. The van der Waals surface area contributed by atoms with Gasteiger partial charge >= 0.3 is 0 Å². The predicted octanol–water partition coefficient (Wildman–Crippen LogP) is 18.5. The SMILES string of the molecule is CC(c1ccc2c(c1)C(C1=CC=CCC1)(c1ccccc1)c1cc(N(c3ccccc3)c3c4ccccc4cc4ccccc34)ccc1-2)C(Cc1ccccc1)c1c2ccccc2cc2ccccc12. The Balaban J connectivity index is 1.06. The third-order valence-electron chi connectivity index (χ3n) is 15.7. The molecular formula is C69H53N. The Morgan fingerprint density at radius 2 is 0.986 bits per heavy atom. The van der Waals surface area contributed by atoms with Crippen LogP contribution in [0.2, 0.25) is 0 Å². The fourth-order valence-electron chi connectivity index (χ4n) is 12.5. The highest BCUT2D eigenvalue weighted by Crippen LogP contribution is 2.60. The van der Waals surface area contributed by atoms with Crippen LogP contribution in [-0.4, -0.2) is 0 Å². The maximum atomic E-state index is 2.63. The lowest BCUT2D eigenvalue weighted by Crippen LogP contribution is -2.30. The highest BCUT2D eigenvalue weighted by Gasteiger charge is 2.48. The van der Waals surface area contributed by atoms with Crippen LogP contribution in [0.5, 0.6) is 0 Å². The number of fused-ring (bicyclic) bond motifs is 7. The molecule has 13 rings (SSSR count). The van der Waals surface area contributed by atoms with Crippen molar-refractivity contribution in [3.8, 4) is 11.1 Å². The van der Waals surface area contributed by atoms with E-state index in [1.165, 1.54) is 98.9 Å². The topological polar surface area (TPSA) is 3.24 Å². The van der Waals surface area contributed by atoms with Crippen LogP contribution in [0, 0.1) is 0 Å². The quantitative estimate of drug-likeness (QED) is 0.124. The zero-order valence-electron chi connectivity index (χ0n) is 39.5. The number of rotatable bonds is 10. The van der Waals surface area contributed by atoms with Crippen molar-refractivity contribution in [2.24, 2.45) is 0 Å². The van der Waals surface area contributed by atoms with E-state index in [2.05, 4.69) is 267 Å². The zero-order valence-corrected chi connectivity index (χ0v) is 39.5. The third kappa shape index (κ3) is 6.83. The van der Waals surface area contributed by atoms with Gasteiger partial charge < -0.3 is 4.90 Å². The van der Waals surface area contributed by atoms with Gasteiger partial charge in [0, 0.05) is 22.1 Å². The molecule has 0 bridgehead atoms. The van der Waals surface area contributed by atoms with Crippen LogP contribution in [0.3, 0.4) is 0 Å². The van der Waals surface area contributed by atoms with Crippen molar-refractivity contribution in [3.63, 3.8) is 0 Å². The summed E-state index contributed by atoms with van der Waals surface area (Å²) < 4.78 is 0. The lowest BCUT2D eigenvalue weighted by Gasteiger charge is -2.38. The second-order valence-corrected chi connectivity index (χ2v) is 19.5. The van der Waals surface area contributed by atoms with Crippen LogP contribution >= 0.6 is 0 Å². The highest BCUT2D eigenvalue weighted by molar-refractivity contribution is 6.14. The summed E-state index contributed by atoms with van der Waals surface area (Å²) in [5, 5.41) is 10.2. The van der Waals surface area contributed by atoms with Gasteiger partial charge in [0.25, 0.3) is 0 Å². The minimum atomic E-state index is -0.535. The Labute approximate surface area is 411 Å². The first kappa shape index (κ1) is 41.9. The molecule has 3 unspecified atom stereocenters. The molecule has 0 spiro atoms. The second-order valence-electron chi connectivity index (χ2n) is 19.5. The first-order valence-electron chi connectivity index (χ1n) is 25.1. The molecule has 1 nitrogen and oxygen atoms in total. The predicted molar refractivity (Wildman–Crippen MR) is 297 cm³/mol. The number of nitrogens with zero attached hydrogens (tertiary/aromatic N) is 1. The summed E-state index contributed by atoms with van der Waals surface area (Å²) >= 11 is 0. The minimum absolute atomic E-state index is 0.181. The summed E-state index contributed by atoms with van der Waals surface area (Å²) in [6, 6.07) is 89.0. The fraction of sp³-hybridized carbons (Fsp3) is 0.101. The van der Waals surface area contributed by atoms with E-state index in [0.717, 1.165) is 30.6 Å². The largest absolute Gasteiger partial charge is 0.309 e. The number of hydrogen-bond donors (Lipinski definition) is 0. The maximum Gasteiger partial charge on any atom is 0.0677 e. The molecule has 0 saturated heterocycles. The van der Waals surface area contributed by atoms with E-state index in [1.807, 2.05) is 0 Å². The third-order valence-corrected chi connectivity index (χ3v) is 15.7. The molecule has 0 fully saturated rings. The molecule has 11 aromatic rings. The molecule has 11 aromatic carbocycles. The van der Waals surface area contributed by atoms with E-state index >= 15 is 0 Å². The van der Waals surface area contributed by atoms with E-state index in [9.17, 15) is 0 Å². The van der Waals surface area contributed by atoms with E-state index in [4.69, 9.17) is 0 Å². The summed E-state index contributed by atoms with van der Waals surface area (Å²) in [4.78, 5) is 2.52. The first-order valence-corrected chi connectivity index (χ1v) is 25.1. The number of hydrogen-bond acceptors (Lipinski definition) is 1. The van der Waals surface area contributed by atoms with Crippen molar-refractivity contribution in [2.45, 2.75) is 43.4 Å². The van der Waals surface area contributed by atoms with Gasteiger partial charge in [-0.3, -0.25) is 0 Å². The van der Waals surface area contributed by atoms with Crippen LogP contribution in [0.25, 0.3) is 54.2 Å². The number of benzene rings is 11. The molecule has 2 aliphatic rings. The van der Waals surface area contributed by atoms with Crippen molar-refractivity contribution >= 4 is 60.2 Å². The minimum Gasteiger partial charge on any atom is -0.309 e. The average Bonchev–Trinajstić information content (AvgIpc) is 3.72. The Morgan fingerprint density at radius 3 is 1.59 bits per heavy atom. The smallest absolute Gasteiger partial charge is 0.0677 e. The number of anilines is 3. The van der Waals surface area contributed by atoms with Crippen molar-refractivity contribution in [3.05, 3.63) is 294 Å². The van der Waals surface area contributed by atoms with Gasteiger partial charge in [0.05, 0.1) is 11.1 Å². The van der Waals surface area contributed by atoms with Crippen LogP contribution in [-0.2, 0) is 11.8 Å². The Hall–Kier alpha value is -8.26. The molecule has 0 amide bonds. The first-order chi connectivity index (χ1) is 34.6. The molecule has 0 saturated carbocycles. The van der Waals surface area contributed by atoms with Crippen molar-refractivity contribution in [1.29, 1.82) is 0 Å². The van der Waals surface area contributed by atoms with Gasteiger partial charge in [-0.05, 0) is 144 Å².